The first-order chi connectivity index (χ1) is 12.3. The molecule has 2 saturated heterocycles. The third-order valence-electron chi connectivity index (χ3n) is 5.06. The minimum atomic E-state index is -0.0356. The molecule has 2 aromatic rings. The lowest BCUT2D eigenvalue weighted by molar-refractivity contribution is -0.00136. The van der Waals surface area contributed by atoms with Gasteiger partial charge in [-0.05, 0) is 44.5 Å². The molecule has 1 N–H and O–H groups in total. The van der Waals surface area contributed by atoms with Crippen molar-refractivity contribution in [3.8, 4) is 11.4 Å². The lowest BCUT2D eigenvalue weighted by Crippen LogP contribution is -2.40. The van der Waals surface area contributed by atoms with Crippen molar-refractivity contribution in [2.75, 3.05) is 26.2 Å². The second-order valence-corrected chi connectivity index (χ2v) is 7.00. The van der Waals surface area contributed by atoms with Gasteiger partial charge in [0.1, 0.15) is 6.04 Å². The maximum absolute atomic E-state index is 5.67. The van der Waals surface area contributed by atoms with Crippen molar-refractivity contribution in [3.05, 3.63) is 35.7 Å². The quantitative estimate of drug-likeness (QED) is 0.881. The number of nitrogens with zero attached hydrogens (tertiary/aromatic N) is 3. The molecular formula is C19H27ClN4O2. The summed E-state index contributed by atoms with van der Waals surface area (Å²) in [7, 11) is 0. The monoisotopic (exact) mass is 378 g/mol. The maximum Gasteiger partial charge on any atom is 0.246 e. The lowest BCUT2D eigenvalue weighted by atomic mass is 10.1. The summed E-state index contributed by atoms with van der Waals surface area (Å²) in [6, 6.07) is 8.44. The van der Waals surface area contributed by atoms with Gasteiger partial charge in [-0.15, -0.1) is 12.4 Å². The van der Waals surface area contributed by atoms with Crippen molar-refractivity contribution in [2.45, 2.75) is 44.9 Å². The Morgan fingerprint density at radius 2 is 2.08 bits per heavy atom. The number of ether oxygens (including phenoxy) is 1. The van der Waals surface area contributed by atoms with E-state index in [1.165, 1.54) is 37.9 Å². The van der Waals surface area contributed by atoms with E-state index in [4.69, 9.17) is 9.26 Å². The number of aromatic nitrogens is 2. The Labute approximate surface area is 160 Å². The average Bonchev–Trinajstić information content (AvgIpc) is 3.13. The number of piperidine rings is 1. The Hall–Kier alpha value is -1.47. The van der Waals surface area contributed by atoms with Gasteiger partial charge in [0.15, 0.2) is 0 Å². The van der Waals surface area contributed by atoms with Crippen LogP contribution < -0.4 is 5.32 Å². The number of morpholine rings is 1. The third-order valence-corrected chi connectivity index (χ3v) is 5.06. The van der Waals surface area contributed by atoms with Gasteiger partial charge < -0.3 is 14.6 Å². The molecule has 0 saturated carbocycles. The van der Waals surface area contributed by atoms with E-state index in [9.17, 15) is 0 Å². The predicted octanol–water partition coefficient (Wildman–Crippen LogP) is 3.19. The Kier molecular flexibility index (Phi) is 6.64. The van der Waals surface area contributed by atoms with Crippen LogP contribution in [-0.2, 0) is 11.3 Å². The van der Waals surface area contributed by atoms with E-state index in [0.29, 0.717) is 11.7 Å². The van der Waals surface area contributed by atoms with Gasteiger partial charge in [-0.1, -0.05) is 29.8 Å². The number of halogens is 1. The summed E-state index contributed by atoms with van der Waals surface area (Å²) in [5.41, 5.74) is 2.31. The Morgan fingerprint density at radius 3 is 2.88 bits per heavy atom. The van der Waals surface area contributed by atoms with Gasteiger partial charge >= 0.3 is 0 Å². The van der Waals surface area contributed by atoms with Crippen LogP contribution in [0.15, 0.2) is 28.8 Å². The summed E-state index contributed by atoms with van der Waals surface area (Å²) < 4.78 is 11.2. The van der Waals surface area contributed by atoms with E-state index in [0.717, 1.165) is 25.3 Å². The number of rotatable bonds is 4. The molecule has 2 aliphatic heterocycles. The molecule has 3 heterocycles. The fourth-order valence-electron chi connectivity index (χ4n) is 3.67. The predicted molar refractivity (Wildman–Crippen MR) is 102 cm³/mol. The standard InChI is InChI=1S/C19H26N4O2.ClH/c1-14-17(20-8-11-24-14)19-21-18(22-25-19)16-7-5-6-15(12-16)13-23-9-3-2-4-10-23;/h5-7,12,14,17,20H,2-4,8-11,13H2,1H3;1H/t14-,17+;/m1./s1. The minimum Gasteiger partial charge on any atom is -0.375 e. The molecule has 2 aliphatic rings. The molecule has 0 unspecified atom stereocenters. The smallest absolute Gasteiger partial charge is 0.246 e. The summed E-state index contributed by atoms with van der Waals surface area (Å²) >= 11 is 0. The summed E-state index contributed by atoms with van der Waals surface area (Å²) in [6.07, 6.45) is 4.01. The van der Waals surface area contributed by atoms with Crippen molar-refractivity contribution < 1.29 is 9.26 Å². The van der Waals surface area contributed by atoms with Crippen molar-refractivity contribution in [1.82, 2.24) is 20.4 Å². The number of likely N-dealkylation sites (tertiary alicyclic amines) is 1. The van der Waals surface area contributed by atoms with Gasteiger partial charge in [-0.2, -0.15) is 4.98 Å². The number of hydrogen-bond donors (Lipinski definition) is 1. The zero-order chi connectivity index (χ0) is 17.1. The van der Waals surface area contributed by atoms with Crippen LogP contribution in [0.1, 0.15) is 43.7 Å². The van der Waals surface area contributed by atoms with Crippen LogP contribution in [0.3, 0.4) is 0 Å². The summed E-state index contributed by atoms with van der Waals surface area (Å²) in [5, 5.41) is 7.58. The zero-order valence-electron chi connectivity index (χ0n) is 15.2. The largest absolute Gasteiger partial charge is 0.375 e. The van der Waals surface area contributed by atoms with Gasteiger partial charge in [-0.25, -0.2) is 0 Å². The van der Waals surface area contributed by atoms with Crippen molar-refractivity contribution in [3.63, 3.8) is 0 Å². The number of nitrogens with one attached hydrogen (secondary N) is 1. The highest BCUT2D eigenvalue weighted by Crippen LogP contribution is 2.24. The normalized spacial score (nSPS) is 24.2. The Balaban J connectivity index is 0.00000196. The van der Waals surface area contributed by atoms with Gasteiger partial charge in [-0.3, -0.25) is 4.90 Å². The van der Waals surface area contributed by atoms with Crippen LogP contribution in [-0.4, -0.2) is 47.4 Å². The summed E-state index contributed by atoms with van der Waals surface area (Å²) in [4.78, 5) is 7.13. The van der Waals surface area contributed by atoms with Crippen LogP contribution in [0, 0.1) is 0 Å². The second kappa shape index (κ2) is 8.95. The number of benzene rings is 1. The molecule has 0 spiro atoms. The molecule has 0 radical (unpaired) electrons. The lowest BCUT2D eigenvalue weighted by Gasteiger charge is -2.27. The third kappa shape index (κ3) is 4.43. The van der Waals surface area contributed by atoms with Gasteiger partial charge in [0.2, 0.25) is 11.7 Å². The van der Waals surface area contributed by atoms with Crippen molar-refractivity contribution in [2.24, 2.45) is 0 Å². The molecular weight excluding hydrogens is 352 g/mol. The van der Waals surface area contributed by atoms with E-state index in [1.54, 1.807) is 0 Å². The van der Waals surface area contributed by atoms with E-state index in [1.807, 2.05) is 13.0 Å². The van der Waals surface area contributed by atoms with Crippen LogP contribution in [0.5, 0.6) is 0 Å². The second-order valence-electron chi connectivity index (χ2n) is 7.00. The minimum absolute atomic E-state index is 0. The molecule has 1 aromatic heterocycles. The van der Waals surface area contributed by atoms with Gasteiger partial charge in [0, 0.05) is 18.7 Å². The fraction of sp³-hybridized carbons (Fsp3) is 0.579. The molecule has 0 aliphatic carbocycles. The molecule has 0 bridgehead atoms. The molecule has 6 nitrogen and oxygen atoms in total. The molecule has 2 atom stereocenters. The zero-order valence-corrected chi connectivity index (χ0v) is 16.0. The van der Waals surface area contributed by atoms with Crippen LogP contribution in [0.25, 0.3) is 11.4 Å². The Bertz CT molecular complexity index is 702. The summed E-state index contributed by atoms with van der Waals surface area (Å²) in [5.74, 6) is 1.25. The molecule has 2 fully saturated rings. The van der Waals surface area contributed by atoms with Crippen LogP contribution >= 0.6 is 12.4 Å². The van der Waals surface area contributed by atoms with Crippen molar-refractivity contribution in [1.29, 1.82) is 0 Å². The van der Waals surface area contributed by atoms with E-state index in [2.05, 4.69) is 38.6 Å². The molecule has 1 aromatic carbocycles. The SMILES string of the molecule is C[C@H]1OCCN[C@@H]1c1nc(-c2cccc(CN3CCCCC3)c2)no1.Cl. The van der Waals surface area contributed by atoms with Gasteiger partial charge in [0.25, 0.3) is 0 Å². The average molecular weight is 379 g/mol. The highest BCUT2D eigenvalue weighted by atomic mass is 35.5. The molecule has 0 amide bonds. The number of hydrogen-bond acceptors (Lipinski definition) is 6. The highest BCUT2D eigenvalue weighted by Gasteiger charge is 2.28. The molecule has 7 heteroatoms. The first kappa shape index (κ1) is 19.3. The fourth-order valence-corrected chi connectivity index (χ4v) is 3.67. The molecule has 142 valence electrons. The molecule has 4 rings (SSSR count). The van der Waals surface area contributed by atoms with Crippen LogP contribution in [0.2, 0.25) is 0 Å². The van der Waals surface area contributed by atoms with E-state index >= 15 is 0 Å². The van der Waals surface area contributed by atoms with E-state index in [-0.39, 0.29) is 24.6 Å². The first-order valence-electron chi connectivity index (χ1n) is 9.30. The topological polar surface area (TPSA) is 63.4 Å². The Morgan fingerprint density at radius 1 is 1.23 bits per heavy atom. The van der Waals surface area contributed by atoms with Crippen LogP contribution in [0.4, 0.5) is 0 Å². The van der Waals surface area contributed by atoms with Gasteiger partial charge in [0.05, 0.1) is 12.7 Å². The van der Waals surface area contributed by atoms with Crippen molar-refractivity contribution >= 4 is 12.4 Å². The highest BCUT2D eigenvalue weighted by molar-refractivity contribution is 5.85. The molecule has 26 heavy (non-hydrogen) atoms. The van der Waals surface area contributed by atoms with E-state index < -0.39 is 0 Å². The maximum atomic E-state index is 5.67. The first-order valence-corrected chi connectivity index (χ1v) is 9.30. The summed E-state index contributed by atoms with van der Waals surface area (Å²) in [6.45, 7) is 6.94.